The van der Waals surface area contributed by atoms with Crippen LogP contribution in [0, 0.1) is 0 Å². The van der Waals surface area contributed by atoms with Crippen LogP contribution in [0.1, 0.15) is 0 Å². The van der Waals surface area contributed by atoms with Crippen molar-refractivity contribution in [1.29, 1.82) is 0 Å². The van der Waals surface area contributed by atoms with Gasteiger partial charge in [-0.3, -0.25) is 4.79 Å². The molecule has 0 spiro atoms. The van der Waals surface area contributed by atoms with Gasteiger partial charge in [-0.05, 0) is 18.2 Å². The SMILES string of the molecule is NS(=O)(=O)c1cccc(S(=O)(=O)N2CCN(C(=O)C(F)(F)F)CC2)c1-c1ccc(Cl)c2c(Cl)c[nH]c12. The van der Waals surface area contributed by atoms with E-state index in [9.17, 15) is 34.8 Å². The minimum Gasteiger partial charge on any atom is -0.359 e. The molecule has 2 aromatic carbocycles. The molecule has 1 aliphatic rings. The summed E-state index contributed by atoms with van der Waals surface area (Å²) in [6.07, 6.45) is -3.69. The van der Waals surface area contributed by atoms with E-state index in [2.05, 4.69) is 4.98 Å². The number of primary sulfonamides is 1. The van der Waals surface area contributed by atoms with Gasteiger partial charge < -0.3 is 9.88 Å². The highest BCUT2D eigenvalue weighted by Crippen LogP contribution is 2.42. The molecule has 3 N–H and O–H groups in total. The maximum Gasteiger partial charge on any atom is 0.471 e. The van der Waals surface area contributed by atoms with Crippen LogP contribution in [0.3, 0.4) is 0 Å². The molecule has 4 rings (SSSR count). The Morgan fingerprint density at radius 1 is 0.944 bits per heavy atom. The van der Waals surface area contributed by atoms with Gasteiger partial charge in [-0.15, -0.1) is 0 Å². The largest absolute Gasteiger partial charge is 0.471 e. The molecular weight excluding hydrogens is 568 g/mol. The number of carbonyl (C=O) groups is 1. The second-order valence-corrected chi connectivity index (χ2v) is 12.1. The number of alkyl halides is 3. The van der Waals surface area contributed by atoms with Gasteiger partial charge in [-0.2, -0.15) is 17.5 Å². The van der Waals surface area contributed by atoms with Crippen molar-refractivity contribution >= 4 is 60.1 Å². The predicted octanol–water partition coefficient (Wildman–Crippen LogP) is 3.18. The Morgan fingerprint density at radius 3 is 2.14 bits per heavy atom. The zero-order chi connectivity index (χ0) is 26.6. The number of nitrogens with one attached hydrogen (secondary N) is 1. The highest BCUT2D eigenvalue weighted by molar-refractivity contribution is 7.90. The summed E-state index contributed by atoms with van der Waals surface area (Å²) >= 11 is 12.4. The third-order valence-electron chi connectivity index (χ3n) is 5.69. The van der Waals surface area contributed by atoms with Crippen molar-refractivity contribution in [2.75, 3.05) is 26.2 Å². The molecule has 9 nitrogen and oxygen atoms in total. The molecule has 1 fully saturated rings. The predicted molar refractivity (Wildman–Crippen MR) is 127 cm³/mol. The van der Waals surface area contributed by atoms with Crippen LogP contribution in [-0.2, 0) is 24.8 Å². The van der Waals surface area contributed by atoms with Crippen LogP contribution in [0.15, 0.2) is 46.3 Å². The average Bonchev–Trinajstić information content (AvgIpc) is 3.20. The first-order valence-corrected chi connectivity index (χ1v) is 13.9. The molecule has 0 atom stereocenters. The number of aromatic amines is 1. The maximum atomic E-state index is 13.6. The molecule has 1 saturated heterocycles. The Morgan fingerprint density at radius 2 is 1.56 bits per heavy atom. The first-order valence-electron chi connectivity index (χ1n) is 10.1. The molecule has 194 valence electrons. The van der Waals surface area contributed by atoms with Gasteiger partial charge in [0, 0.05) is 48.9 Å². The molecule has 0 aliphatic carbocycles. The van der Waals surface area contributed by atoms with Gasteiger partial charge in [0.05, 0.1) is 25.4 Å². The summed E-state index contributed by atoms with van der Waals surface area (Å²) in [6, 6.07) is 6.30. The zero-order valence-electron chi connectivity index (χ0n) is 18.0. The molecular formula is C20H17Cl2F3N4O5S2. The summed E-state index contributed by atoms with van der Waals surface area (Å²) in [5, 5.41) is 6.16. The topological polar surface area (TPSA) is 134 Å². The quantitative estimate of drug-likeness (QED) is 0.486. The van der Waals surface area contributed by atoms with E-state index in [0.717, 1.165) is 16.4 Å². The minimum atomic E-state index is -5.09. The van der Waals surface area contributed by atoms with Gasteiger partial charge in [0.1, 0.15) is 0 Å². The smallest absolute Gasteiger partial charge is 0.359 e. The Labute approximate surface area is 213 Å². The Hall–Kier alpha value is -2.36. The summed E-state index contributed by atoms with van der Waals surface area (Å²) in [7, 11) is -8.91. The molecule has 1 aromatic heterocycles. The number of fused-ring (bicyclic) bond motifs is 1. The van der Waals surface area contributed by atoms with E-state index < -0.39 is 68.1 Å². The number of aromatic nitrogens is 1. The van der Waals surface area contributed by atoms with Crippen molar-refractivity contribution in [1.82, 2.24) is 14.2 Å². The molecule has 0 unspecified atom stereocenters. The summed E-state index contributed by atoms with van der Waals surface area (Å²) in [4.78, 5) is 13.9. The number of carbonyl (C=O) groups excluding carboxylic acids is 1. The Kier molecular flexibility index (Phi) is 6.81. The van der Waals surface area contributed by atoms with Crippen LogP contribution in [0.25, 0.3) is 22.0 Å². The highest BCUT2D eigenvalue weighted by Gasteiger charge is 2.44. The lowest BCUT2D eigenvalue weighted by Crippen LogP contribution is -2.53. The van der Waals surface area contributed by atoms with Gasteiger partial charge in [0.2, 0.25) is 20.0 Å². The van der Waals surface area contributed by atoms with Crippen LogP contribution in [0.5, 0.6) is 0 Å². The lowest BCUT2D eigenvalue weighted by molar-refractivity contribution is -0.186. The second-order valence-electron chi connectivity index (χ2n) is 7.85. The number of benzene rings is 2. The molecule has 0 saturated carbocycles. The number of piperazine rings is 1. The minimum absolute atomic E-state index is 0.121. The number of rotatable bonds is 4. The number of nitrogens with zero attached hydrogens (tertiary/aromatic N) is 2. The molecule has 3 aromatic rings. The van der Waals surface area contributed by atoms with Crippen LogP contribution >= 0.6 is 23.2 Å². The van der Waals surface area contributed by atoms with E-state index in [1.165, 1.54) is 24.4 Å². The highest BCUT2D eigenvalue weighted by atomic mass is 35.5. The molecule has 1 aliphatic heterocycles. The van der Waals surface area contributed by atoms with Gasteiger partial charge in [0.25, 0.3) is 0 Å². The lowest BCUT2D eigenvalue weighted by atomic mass is 10.0. The van der Waals surface area contributed by atoms with E-state index in [1.54, 1.807) is 0 Å². The maximum absolute atomic E-state index is 13.6. The van der Waals surface area contributed by atoms with Crippen LogP contribution in [0.4, 0.5) is 13.2 Å². The number of nitrogens with two attached hydrogens (primary N) is 1. The Bertz CT molecular complexity index is 1580. The van der Waals surface area contributed by atoms with E-state index in [4.69, 9.17) is 28.3 Å². The molecule has 2 heterocycles. The number of hydrogen-bond donors (Lipinski definition) is 2. The molecule has 36 heavy (non-hydrogen) atoms. The third kappa shape index (κ3) is 4.68. The summed E-state index contributed by atoms with van der Waals surface area (Å²) in [5.41, 5.74) is 0.116. The van der Waals surface area contributed by atoms with Crippen molar-refractivity contribution in [2.24, 2.45) is 5.14 Å². The zero-order valence-corrected chi connectivity index (χ0v) is 21.2. The number of hydrogen-bond acceptors (Lipinski definition) is 5. The molecule has 16 heteroatoms. The van der Waals surface area contributed by atoms with Gasteiger partial charge >= 0.3 is 12.1 Å². The summed E-state index contributed by atoms with van der Waals surface area (Å²) in [6.45, 7) is -1.88. The first kappa shape index (κ1) is 26.7. The summed E-state index contributed by atoms with van der Waals surface area (Å²) < 4.78 is 91.4. The first-order chi connectivity index (χ1) is 16.6. The fourth-order valence-corrected chi connectivity index (χ4v) is 7.10. The van der Waals surface area contributed by atoms with Crippen molar-refractivity contribution < 1.29 is 34.8 Å². The van der Waals surface area contributed by atoms with Crippen LogP contribution < -0.4 is 5.14 Å². The van der Waals surface area contributed by atoms with Crippen LogP contribution in [0.2, 0.25) is 10.0 Å². The van der Waals surface area contributed by atoms with Gasteiger partial charge in [-0.1, -0.05) is 35.3 Å². The van der Waals surface area contributed by atoms with Crippen LogP contribution in [-0.4, -0.2) is 69.3 Å². The average molecular weight is 585 g/mol. The molecule has 1 amide bonds. The van der Waals surface area contributed by atoms with E-state index in [-0.39, 0.29) is 26.7 Å². The fourth-order valence-electron chi connectivity index (χ4n) is 4.06. The number of sulfonamides is 2. The van der Waals surface area contributed by atoms with Crippen molar-refractivity contribution in [3.63, 3.8) is 0 Å². The Balaban J connectivity index is 1.86. The third-order valence-corrected chi connectivity index (χ3v) is 9.19. The fraction of sp³-hybridized carbons (Fsp3) is 0.250. The number of amides is 1. The second kappa shape index (κ2) is 9.19. The monoisotopic (exact) mass is 584 g/mol. The standard InChI is InChI=1S/C20H17Cl2F3N4O5S2/c21-12-5-4-11(18-17(12)13(22)10-27-18)16-14(35(26,31)32)2-1-3-15(16)36(33,34)29-8-6-28(7-9-29)19(30)20(23,24)25/h1-5,10,27H,6-9H2,(H2,26,31,32). The number of H-pyrrole nitrogens is 1. The lowest BCUT2D eigenvalue weighted by Gasteiger charge is -2.34. The normalized spacial score (nSPS) is 16.0. The van der Waals surface area contributed by atoms with E-state index >= 15 is 0 Å². The van der Waals surface area contributed by atoms with Crippen molar-refractivity contribution in [3.8, 4) is 11.1 Å². The van der Waals surface area contributed by atoms with Gasteiger partial charge in [0.15, 0.2) is 0 Å². The van der Waals surface area contributed by atoms with E-state index in [1.807, 2.05) is 0 Å². The molecule has 0 radical (unpaired) electrons. The molecule has 0 bridgehead atoms. The van der Waals surface area contributed by atoms with Gasteiger partial charge in [-0.25, -0.2) is 22.0 Å². The van der Waals surface area contributed by atoms with E-state index in [0.29, 0.717) is 10.3 Å². The summed E-state index contributed by atoms with van der Waals surface area (Å²) in [5.74, 6) is -2.07. The van der Waals surface area contributed by atoms with Crippen molar-refractivity contribution in [3.05, 3.63) is 46.6 Å². The number of halogens is 5. The van der Waals surface area contributed by atoms with Crippen molar-refractivity contribution in [2.45, 2.75) is 16.0 Å².